The average Bonchev–Trinajstić information content (AvgIpc) is 3.44. The van der Waals surface area contributed by atoms with E-state index in [9.17, 15) is 4.79 Å². The van der Waals surface area contributed by atoms with Crippen LogP contribution in [0.15, 0.2) is 49.3 Å². The van der Waals surface area contributed by atoms with Crippen molar-refractivity contribution in [3.8, 4) is 22.4 Å². The molecule has 0 N–H and O–H groups in total. The summed E-state index contributed by atoms with van der Waals surface area (Å²) < 4.78 is 20.7. The van der Waals surface area contributed by atoms with Gasteiger partial charge >= 0.3 is 5.97 Å². The van der Waals surface area contributed by atoms with Crippen molar-refractivity contribution in [3.63, 3.8) is 0 Å². The van der Waals surface area contributed by atoms with Crippen LogP contribution in [0.2, 0.25) is 0 Å². The normalized spacial score (nSPS) is 10.9. The molecule has 0 aliphatic rings. The van der Waals surface area contributed by atoms with Crippen molar-refractivity contribution < 1.29 is 22.9 Å². The minimum absolute atomic E-state index is 0.102. The van der Waals surface area contributed by atoms with Crippen molar-refractivity contribution in [3.05, 3.63) is 47.7 Å². The van der Waals surface area contributed by atoms with Gasteiger partial charge in [0.15, 0.2) is 12.4 Å². The van der Waals surface area contributed by atoms with Gasteiger partial charge in [0.2, 0.25) is 11.7 Å². The van der Waals surface area contributed by atoms with Crippen molar-refractivity contribution in [1.82, 2.24) is 20.3 Å². The quantitative estimate of drug-likeness (QED) is 0.451. The lowest BCUT2D eigenvalue weighted by atomic mass is 10.3. The Morgan fingerprint density at radius 2 is 2.15 bits per heavy atom. The van der Waals surface area contributed by atoms with Crippen molar-refractivity contribution >= 4 is 17.3 Å². The number of furan rings is 1. The van der Waals surface area contributed by atoms with E-state index in [-0.39, 0.29) is 24.8 Å². The van der Waals surface area contributed by atoms with Gasteiger partial charge in [0.05, 0.1) is 17.6 Å². The molecule has 4 rings (SSSR count). The van der Waals surface area contributed by atoms with Gasteiger partial charge in [-0.15, -0.1) is 21.5 Å². The maximum Gasteiger partial charge on any atom is 0.306 e. The minimum atomic E-state index is -0.432. The highest BCUT2D eigenvalue weighted by Gasteiger charge is 2.14. The van der Waals surface area contributed by atoms with Crippen LogP contribution in [0.3, 0.4) is 0 Å². The second kappa shape index (κ2) is 7.31. The van der Waals surface area contributed by atoms with Crippen LogP contribution in [0.1, 0.15) is 18.2 Å². The number of nitrogens with zero attached hydrogens (tertiary/aromatic N) is 4. The Morgan fingerprint density at radius 1 is 1.19 bits per heavy atom. The van der Waals surface area contributed by atoms with Gasteiger partial charge in [-0.2, -0.15) is 4.98 Å². The van der Waals surface area contributed by atoms with Gasteiger partial charge in [0.1, 0.15) is 0 Å². The molecule has 0 aromatic carbocycles. The summed E-state index contributed by atoms with van der Waals surface area (Å²) in [7, 11) is 0. The molecule has 0 fully saturated rings. The molecular formula is C16H12N4O5S. The minimum Gasteiger partial charge on any atom is -0.459 e. The monoisotopic (exact) mass is 372 g/mol. The molecule has 0 atom stereocenters. The van der Waals surface area contributed by atoms with Crippen LogP contribution in [0.5, 0.6) is 0 Å². The Morgan fingerprint density at radius 3 is 2.96 bits per heavy atom. The first kappa shape index (κ1) is 16.2. The number of hydrogen-bond acceptors (Lipinski definition) is 10. The van der Waals surface area contributed by atoms with Crippen LogP contribution in [0, 0.1) is 0 Å². The molecule has 0 aliphatic heterocycles. The van der Waals surface area contributed by atoms with Crippen molar-refractivity contribution in [2.75, 3.05) is 0 Å². The molecule has 4 aromatic rings. The number of carbonyl (C=O) groups excluding carboxylic acids is 1. The Hall–Kier alpha value is -3.27. The number of rotatable bonds is 7. The highest BCUT2D eigenvalue weighted by Crippen LogP contribution is 2.21. The molecule has 0 radical (unpaired) electrons. The van der Waals surface area contributed by atoms with Crippen LogP contribution < -0.4 is 0 Å². The zero-order valence-electron chi connectivity index (χ0n) is 13.3. The van der Waals surface area contributed by atoms with E-state index >= 15 is 0 Å². The largest absolute Gasteiger partial charge is 0.459 e. The fourth-order valence-corrected chi connectivity index (χ4v) is 2.75. The van der Waals surface area contributed by atoms with Gasteiger partial charge in [0, 0.05) is 6.42 Å². The molecule has 9 nitrogen and oxygen atoms in total. The molecule has 4 aromatic heterocycles. The van der Waals surface area contributed by atoms with Gasteiger partial charge in [-0.05, 0) is 23.6 Å². The highest BCUT2D eigenvalue weighted by molar-refractivity contribution is 7.13. The Bertz CT molecular complexity index is 896. The smallest absolute Gasteiger partial charge is 0.306 e. The summed E-state index contributed by atoms with van der Waals surface area (Å²) in [5.74, 6) is 1.32. The number of aryl methyl sites for hydroxylation is 1. The third-order valence-corrected chi connectivity index (χ3v) is 4.17. The second-order valence-corrected chi connectivity index (χ2v) is 6.08. The molecule has 0 bridgehead atoms. The first-order chi connectivity index (χ1) is 12.8. The Labute approximate surface area is 150 Å². The molecule has 4 heterocycles. The molecule has 0 spiro atoms. The summed E-state index contributed by atoms with van der Waals surface area (Å²) in [6.07, 6.45) is 1.89. The van der Waals surface area contributed by atoms with Crippen LogP contribution in [-0.4, -0.2) is 26.3 Å². The predicted octanol–water partition coefficient (Wildman–Crippen LogP) is 3.12. The first-order valence-corrected chi connectivity index (χ1v) is 8.54. The zero-order chi connectivity index (χ0) is 17.8. The van der Waals surface area contributed by atoms with Crippen molar-refractivity contribution in [2.24, 2.45) is 0 Å². The zero-order valence-corrected chi connectivity index (χ0v) is 14.1. The van der Waals surface area contributed by atoms with Gasteiger partial charge in [-0.3, -0.25) is 4.79 Å². The van der Waals surface area contributed by atoms with Crippen LogP contribution in [-0.2, 0) is 22.6 Å². The summed E-state index contributed by atoms with van der Waals surface area (Å²) in [5, 5.41) is 13.4. The number of thiophene rings is 1. The average molecular weight is 372 g/mol. The lowest BCUT2D eigenvalue weighted by molar-refractivity contribution is -0.145. The van der Waals surface area contributed by atoms with E-state index in [1.165, 1.54) is 17.6 Å². The summed E-state index contributed by atoms with van der Waals surface area (Å²) in [4.78, 5) is 17.0. The number of hydrogen-bond donors (Lipinski definition) is 0. The standard InChI is InChI=1S/C16H12N4O5S/c21-14(6-5-12-17-15(20-25-12)11-4-2-8-26-11)23-9-13-18-19-16(24-13)10-3-1-7-22-10/h1-4,7-8H,5-6,9H2. The second-order valence-electron chi connectivity index (χ2n) is 5.13. The molecule has 0 saturated heterocycles. The molecular weight excluding hydrogens is 360 g/mol. The molecule has 132 valence electrons. The highest BCUT2D eigenvalue weighted by atomic mass is 32.1. The lowest BCUT2D eigenvalue weighted by Gasteiger charge is -1.99. The molecule has 26 heavy (non-hydrogen) atoms. The number of ether oxygens (including phenoxy) is 1. The fraction of sp³-hybridized carbons (Fsp3) is 0.188. The molecule has 0 amide bonds. The Kier molecular flexibility index (Phi) is 4.56. The maximum absolute atomic E-state index is 11.8. The van der Waals surface area contributed by atoms with Crippen molar-refractivity contribution in [1.29, 1.82) is 0 Å². The molecule has 0 saturated carbocycles. The van der Waals surface area contributed by atoms with E-state index in [1.807, 2.05) is 17.5 Å². The molecule has 10 heteroatoms. The third kappa shape index (κ3) is 3.70. The SMILES string of the molecule is O=C(CCc1nc(-c2cccs2)no1)OCc1nnc(-c2ccco2)o1. The summed E-state index contributed by atoms with van der Waals surface area (Å²) in [5.41, 5.74) is 0. The number of aromatic nitrogens is 4. The van der Waals surface area contributed by atoms with Gasteiger partial charge in [-0.25, -0.2) is 0 Å². The summed E-state index contributed by atoms with van der Waals surface area (Å²) in [6, 6.07) is 7.20. The van der Waals surface area contributed by atoms with E-state index < -0.39 is 5.97 Å². The van der Waals surface area contributed by atoms with E-state index in [0.717, 1.165) is 4.88 Å². The van der Waals surface area contributed by atoms with Crippen LogP contribution >= 0.6 is 11.3 Å². The summed E-state index contributed by atoms with van der Waals surface area (Å²) in [6.45, 7) is -0.114. The Balaban J connectivity index is 1.26. The van der Waals surface area contributed by atoms with Crippen LogP contribution in [0.25, 0.3) is 22.4 Å². The molecule has 0 unspecified atom stereocenters. The van der Waals surface area contributed by atoms with Gasteiger partial charge < -0.3 is 18.1 Å². The van der Waals surface area contributed by atoms with E-state index in [4.69, 9.17) is 18.1 Å². The molecule has 0 aliphatic carbocycles. The van der Waals surface area contributed by atoms with Crippen LogP contribution in [0.4, 0.5) is 0 Å². The van der Waals surface area contributed by atoms with Gasteiger partial charge in [0.25, 0.3) is 11.8 Å². The van der Waals surface area contributed by atoms with E-state index in [2.05, 4.69) is 20.3 Å². The van der Waals surface area contributed by atoms with E-state index in [0.29, 0.717) is 23.9 Å². The first-order valence-electron chi connectivity index (χ1n) is 7.66. The lowest BCUT2D eigenvalue weighted by Crippen LogP contribution is -2.06. The van der Waals surface area contributed by atoms with E-state index in [1.54, 1.807) is 12.1 Å². The summed E-state index contributed by atoms with van der Waals surface area (Å²) >= 11 is 1.51. The number of esters is 1. The maximum atomic E-state index is 11.8. The fourth-order valence-electron chi connectivity index (χ4n) is 2.10. The number of carbonyl (C=O) groups is 1. The predicted molar refractivity (Wildman–Crippen MR) is 87.7 cm³/mol. The van der Waals surface area contributed by atoms with Gasteiger partial charge in [-0.1, -0.05) is 11.2 Å². The van der Waals surface area contributed by atoms with Crippen molar-refractivity contribution in [2.45, 2.75) is 19.4 Å². The third-order valence-electron chi connectivity index (χ3n) is 3.31. The topological polar surface area (TPSA) is 117 Å².